The van der Waals surface area contributed by atoms with E-state index in [-0.39, 0.29) is 11.4 Å². The Balaban J connectivity index is 1.88. The van der Waals surface area contributed by atoms with Crippen LogP contribution < -0.4 is 32.4 Å². The Morgan fingerprint density at radius 1 is 0.500 bits per heavy atom. The molecule has 30 heavy (non-hydrogen) atoms. The van der Waals surface area contributed by atoms with Crippen LogP contribution in [0.5, 0.6) is 23.0 Å². The van der Waals surface area contributed by atoms with Crippen molar-refractivity contribution in [3.05, 3.63) is 84.9 Å². The number of nitrogens with two attached hydrogens (primary N) is 4. The first-order chi connectivity index (χ1) is 14.5. The Bertz CT molecular complexity index is 1190. The molecule has 0 radical (unpaired) electrons. The van der Waals surface area contributed by atoms with Crippen LogP contribution in [0.1, 0.15) is 0 Å². The Morgan fingerprint density at radius 3 is 1.63 bits per heavy atom. The van der Waals surface area contributed by atoms with E-state index in [1.54, 1.807) is 30.3 Å². The van der Waals surface area contributed by atoms with Gasteiger partial charge in [0.25, 0.3) is 0 Å². The van der Waals surface area contributed by atoms with Crippen molar-refractivity contribution in [3.8, 4) is 34.1 Å². The molecule has 6 nitrogen and oxygen atoms in total. The Labute approximate surface area is 174 Å². The summed E-state index contributed by atoms with van der Waals surface area (Å²) in [5.74, 6) is 1.57. The Kier molecular flexibility index (Phi) is 5.05. The van der Waals surface area contributed by atoms with Crippen molar-refractivity contribution in [1.29, 1.82) is 0 Å². The molecule has 0 aromatic heterocycles. The highest BCUT2D eigenvalue weighted by Crippen LogP contribution is 2.48. The van der Waals surface area contributed by atoms with Gasteiger partial charge in [-0.15, -0.1) is 0 Å². The minimum absolute atomic E-state index is 0.254. The summed E-state index contributed by atoms with van der Waals surface area (Å²) in [5, 5.41) is 0. The molecule has 4 rings (SSSR count). The summed E-state index contributed by atoms with van der Waals surface area (Å²) in [4.78, 5) is 0. The fourth-order valence-electron chi connectivity index (χ4n) is 3.09. The molecule has 6 heteroatoms. The molecule has 0 aliphatic heterocycles. The lowest BCUT2D eigenvalue weighted by Crippen LogP contribution is -2.04. The fourth-order valence-corrected chi connectivity index (χ4v) is 3.09. The Morgan fingerprint density at radius 2 is 1.03 bits per heavy atom. The van der Waals surface area contributed by atoms with Gasteiger partial charge in [0, 0.05) is 5.56 Å². The topological polar surface area (TPSA) is 123 Å². The van der Waals surface area contributed by atoms with Gasteiger partial charge in [0.2, 0.25) is 0 Å². The highest BCUT2D eigenvalue weighted by atomic mass is 16.5. The minimum Gasteiger partial charge on any atom is -0.451 e. The molecule has 0 saturated heterocycles. The quantitative estimate of drug-likeness (QED) is 0.340. The van der Waals surface area contributed by atoms with Crippen LogP contribution >= 0.6 is 0 Å². The van der Waals surface area contributed by atoms with Gasteiger partial charge in [-0.05, 0) is 35.9 Å². The van der Waals surface area contributed by atoms with Gasteiger partial charge >= 0.3 is 0 Å². The second kappa shape index (κ2) is 7.97. The number of benzene rings is 4. The molecule has 8 N–H and O–H groups in total. The predicted octanol–water partition coefficient (Wildman–Crippen LogP) is 5.27. The fraction of sp³-hybridized carbons (Fsp3) is 0. The first-order valence-corrected chi connectivity index (χ1v) is 9.36. The summed E-state index contributed by atoms with van der Waals surface area (Å²) in [6.07, 6.45) is 0. The molecular formula is C24H22N4O2. The van der Waals surface area contributed by atoms with Crippen LogP contribution in [0.4, 0.5) is 22.7 Å². The zero-order chi connectivity index (χ0) is 21.1. The number of hydrogen-bond acceptors (Lipinski definition) is 6. The van der Waals surface area contributed by atoms with Gasteiger partial charge in [-0.25, -0.2) is 0 Å². The van der Waals surface area contributed by atoms with E-state index in [1.807, 2.05) is 54.6 Å². The molecule has 0 aliphatic rings. The van der Waals surface area contributed by atoms with E-state index in [1.165, 1.54) is 0 Å². The second-order valence-electron chi connectivity index (χ2n) is 6.72. The third kappa shape index (κ3) is 3.66. The van der Waals surface area contributed by atoms with Crippen molar-refractivity contribution in [2.75, 3.05) is 22.9 Å². The van der Waals surface area contributed by atoms with Crippen molar-refractivity contribution in [1.82, 2.24) is 0 Å². The van der Waals surface area contributed by atoms with Crippen molar-refractivity contribution >= 4 is 22.7 Å². The van der Waals surface area contributed by atoms with Gasteiger partial charge in [-0.1, -0.05) is 54.6 Å². The largest absolute Gasteiger partial charge is 0.451 e. The van der Waals surface area contributed by atoms with Gasteiger partial charge in [0.15, 0.2) is 23.0 Å². The number of nitrogen functional groups attached to an aromatic ring is 4. The average Bonchev–Trinajstić information content (AvgIpc) is 2.76. The normalized spacial score (nSPS) is 10.5. The van der Waals surface area contributed by atoms with E-state index in [0.717, 1.165) is 11.1 Å². The summed E-state index contributed by atoms with van der Waals surface area (Å²) in [6, 6.07) is 25.8. The maximum atomic E-state index is 6.41. The molecule has 0 amide bonds. The van der Waals surface area contributed by atoms with Gasteiger partial charge in [0.05, 0.1) is 17.1 Å². The standard InChI is InChI=1S/C24H22N4O2/c25-17-10-4-6-12-19(17)29-21-14-16(15-8-2-1-3-9-15)22(27)23(28)24(21)30-20-13-7-5-11-18(20)26/h1-14H,25-28H2. The molecule has 150 valence electrons. The molecule has 0 fully saturated rings. The first-order valence-electron chi connectivity index (χ1n) is 9.36. The summed E-state index contributed by atoms with van der Waals surface area (Å²) in [7, 11) is 0. The average molecular weight is 398 g/mol. The number of ether oxygens (including phenoxy) is 2. The minimum atomic E-state index is 0.254. The molecule has 0 atom stereocenters. The number of anilines is 4. The third-order valence-corrected chi connectivity index (χ3v) is 4.68. The summed E-state index contributed by atoms with van der Waals surface area (Å²) in [6.45, 7) is 0. The lowest BCUT2D eigenvalue weighted by Gasteiger charge is -2.19. The predicted molar refractivity (Wildman–Crippen MR) is 123 cm³/mol. The van der Waals surface area contributed by atoms with Gasteiger partial charge in [0.1, 0.15) is 5.69 Å². The lowest BCUT2D eigenvalue weighted by molar-refractivity contribution is 0.423. The molecule has 0 unspecified atom stereocenters. The first kappa shape index (κ1) is 19.0. The van der Waals surface area contributed by atoms with Crippen molar-refractivity contribution in [2.24, 2.45) is 0 Å². The number of rotatable bonds is 5. The van der Waals surface area contributed by atoms with E-state index in [4.69, 9.17) is 32.4 Å². The highest BCUT2D eigenvalue weighted by Gasteiger charge is 2.20. The zero-order valence-electron chi connectivity index (χ0n) is 16.2. The molecule has 4 aromatic rings. The van der Waals surface area contributed by atoms with Crippen molar-refractivity contribution < 1.29 is 9.47 Å². The van der Waals surface area contributed by atoms with Crippen molar-refractivity contribution in [2.45, 2.75) is 0 Å². The van der Waals surface area contributed by atoms with E-state index in [2.05, 4.69) is 0 Å². The SMILES string of the molecule is Nc1ccccc1Oc1cc(-c2ccccc2)c(N)c(N)c1Oc1ccccc1N. The van der Waals surface area contributed by atoms with E-state index in [0.29, 0.717) is 34.3 Å². The molecule has 0 heterocycles. The van der Waals surface area contributed by atoms with Crippen LogP contribution in [-0.2, 0) is 0 Å². The van der Waals surface area contributed by atoms with Crippen LogP contribution in [0, 0.1) is 0 Å². The summed E-state index contributed by atoms with van der Waals surface area (Å²) >= 11 is 0. The number of para-hydroxylation sites is 4. The van der Waals surface area contributed by atoms with Gasteiger partial charge < -0.3 is 32.4 Å². The van der Waals surface area contributed by atoms with Gasteiger partial charge in [-0.3, -0.25) is 0 Å². The molecule has 0 aliphatic carbocycles. The van der Waals surface area contributed by atoms with E-state index < -0.39 is 0 Å². The van der Waals surface area contributed by atoms with Gasteiger partial charge in [-0.2, -0.15) is 0 Å². The van der Waals surface area contributed by atoms with E-state index >= 15 is 0 Å². The monoisotopic (exact) mass is 398 g/mol. The molecular weight excluding hydrogens is 376 g/mol. The van der Waals surface area contributed by atoms with E-state index in [9.17, 15) is 0 Å². The zero-order valence-corrected chi connectivity index (χ0v) is 16.2. The molecule has 0 bridgehead atoms. The smallest absolute Gasteiger partial charge is 0.195 e. The summed E-state index contributed by atoms with van der Waals surface area (Å²) in [5.41, 5.74) is 28.1. The maximum absolute atomic E-state index is 6.41. The van der Waals surface area contributed by atoms with Crippen LogP contribution in [-0.4, -0.2) is 0 Å². The van der Waals surface area contributed by atoms with Crippen LogP contribution in [0.3, 0.4) is 0 Å². The lowest BCUT2D eigenvalue weighted by atomic mass is 10.0. The van der Waals surface area contributed by atoms with Crippen LogP contribution in [0.2, 0.25) is 0 Å². The number of hydrogen-bond donors (Lipinski definition) is 4. The maximum Gasteiger partial charge on any atom is 0.195 e. The second-order valence-corrected chi connectivity index (χ2v) is 6.72. The summed E-state index contributed by atoms with van der Waals surface area (Å²) < 4.78 is 12.2. The molecule has 0 saturated carbocycles. The van der Waals surface area contributed by atoms with Crippen molar-refractivity contribution in [3.63, 3.8) is 0 Å². The Hall–Kier alpha value is -4.32. The molecule has 4 aromatic carbocycles. The van der Waals surface area contributed by atoms with Crippen LogP contribution in [0.25, 0.3) is 11.1 Å². The highest BCUT2D eigenvalue weighted by molar-refractivity contribution is 5.90. The third-order valence-electron chi connectivity index (χ3n) is 4.68. The van der Waals surface area contributed by atoms with Crippen LogP contribution in [0.15, 0.2) is 84.9 Å². The molecule has 0 spiro atoms.